The van der Waals surface area contributed by atoms with Gasteiger partial charge in [-0.1, -0.05) is 25.5 Å². The van der Waals surface area contributed by atoms with Gasteiger partial charge in [0.25, 0.3) is 5.69 Å². The first-order valence-electron chi connectivity index (χ1n) is 13.8. The number of benzene rings is 1. The van der Waals surface area contributed by atoms with Gasteiger partial charge >= 0.3 is 12.2 Å². The van der Waals surface area contributed by atoms with E-state index in [4.69, 9.17) is 28.4 Å². The summed E-state index contributed by atoms with van der Waals surface area (Å²) in [5.41, 5.74) is 0.0447. The fourth-order valence-electron chi connectivity index (χ4n) is 5.24. The van der Waals surface area contributed by atoms with Crippen LogP contribution in [0.25, 0.3) is 0 Å². The number of non-ortho nitro benzene ring substituents is 1. The van der Waals surface area contributed by atoms with Crippen molar-refractivity contribution in [3.63, 3.8) is 0 Å². The van der Waals surface area contributed by atoms with Crippen LogP contribution in [0.2, 0.25) is 0 Å². The van der Waals surface area contributed by atoms with E-state index in [1.54, 1.807) is 7.11 Å². The molecule has 12 nitrogen and oxygen atoms in total. The lowest BCUT2D eigenvalue weighted by molar-refractivity contribution is -0.384. The van der Waals surface area contributed by atoms with Gasteiger partial charge in [-0.3, -0.25) is 10.1 Å². The van der Waals surface area contributed by atoms with Crippen molar-refractivity contribution in [2.45, 2.75) is 83.8 Å². The fourth-order valence-corrected chi connectivity index (χ4v) is 5.24. The van der Waals surface area contributed by atoms with E-state index in [0.29, 0.717) is 26.1 Å². The number of carbonyl (C=O) groups excluding carboxylic acids is 2. The van der Waals surface area contributed by atoms with Crippen molar-refractivity contribution in [3.05, 3.63) is 46.0 Å². The lowest BCUT2D eigenvalue weighted by Gasteiger charge is -2.47. The van der Waals surface area contributed by atoms with E-state index >= 15 is 0 Å². The van der Waals surface area contributed by atoms with Crippen molar-refractivity contribution in [2.75, 3.05) is 26.9 Å². The normalized spacial score (nSPS) is 24.3. The number of allylic oxidation sites excluding steroid dienone is 1. The van der Waals surface area contributed by atoms with E-state index in [2.05, 4.69) is 5.32 Å². The molecule has 0 bridgehead atoms. The third kappa shape index (κ3) is 8.64. The quantitative estimate of drug-likeness (QED) is 0.0878. The second-order valence-corrected chi connectivity index (χ2v) is 11.6. The monoisotopic (exact) mass is 578 g/mol. The molecule has 1 saturated heterocycles. The highest BCUT2D eigenvalue weighted by molar-refractivity contribution is 5.68. The van der Waals surface area contributed by atoms with E-state index in [1.807, 2.05) is 47.6 Å². The molecule has 1 aromatic carbocycles. The molecular weight excluding hydrogens is 536 g/mol. The van der Waals surface area contributed by atoms with E-state index in [9.17, 15) is 19.7 Å². The Labute approximate surface area is 240 Å². The van der Waals surface area contributed by atoms with Crippen molar-refractivity contribution < 1.29 is 42.9 Å². The van der Waals surface area contributed by atoms with Gasteiger partial charge in [0.1, 0.15) is 24.6 Å². The molecule has 1 aliphatic carbocycles. The smallest absolute Gasteiger partial charge is 0.443 e. The van der Waals surface area contributed by atoms with Gasteiger partial charge in [0, 0.05) is 25.2 Å². The highest BCUT2D eigenvalue weighted by atomic mass is 16.7. The Balaban J connectivity index is 1.58. The summed E-state index contributed by atoms with van der Waals surface area (Å²) in [6.07, 6.45) is 0.644. The summed E-state index contributed by atoms with van der Waals surface area (Å²) in [5, 5.41) is 13.6. The van der Waals surface area contributed by atoms with E-state index in [-0.39, 0.29) is 35.5 Å². The standard InChI is InChI=1S/C29H42N2O10/c1-18(2)13-15-38-28(5,6)25-24(36-7)23(12-14-29(25)17-39-29)41-26(32)30-22(19(3)4)16-37-27(33)40-21-10-8-20(9-11-21)31(34)35/h8-11,13,19,22-25H,12,14-17H2,1-7H3,(H,30,32)/t22-,23?,24?,25?,29-/m0/s1. The van der Waals surface area contributed by atoms with Crippen LogP contribution in [0.3, 0.4) is 0 Å². The molecule has 2 fully saturated rings. The Morgan fingerprint density at radius 3 is 2.44 bits per heavy atom. The highest BCUT2D eigenvalue weighted by Gasteiger charge is 2.64. The summed E-state index contributed by atoms with van der Waals surface area (Å²) in [6, 6.07) is 4.46. The summed E-state index contributed by atoms with van der Waals surface area (Å²) >= 11 is 0. The van der Waals surface area contributed by atoms with Gasteiger partial charge < -0.3 is 33.7 Å². The van der Waals surface area contributed by atoms with Crippen LogP contribution in [0.1, 0.15) is 54.4 Å². The summed E-state index contributed by atoms with van der Waals surface area (Å²) in [6.45, 7) is 12.7. The molecule has 0 aromatic heterocycles. The first-order valence-corrected chi connectivity index (χ1v) is 13.8. The van der Waals surface area contributed by atoms with Crippen LogP contribution >= 0.6 is 0 Å². The fraction of sp³-hybridized carbons (Fsp3) is 0.655. The molecule has 12 heteroatoms. The Hall–Kier alpha value is -3.22. The van der Waals surface area contributed by atoms with Gasteiger partial charge in [0.05, 0.1) is 35.4 Å². The number of nitro benzene ring substituents is 1. The molecule has 3 unspecified atom stereocenters. The van der Waals surface area contributed by atoms with Gasteiger partial charge in [-0.2, -0.15) is 0 Å². The molecule has 228 valence electrons. The van der Waals surface area contributed by atoms with E-state index in [1.165, 1.54) is 24.3 Å². The molecule has 3 rings (SSSR count). The van der Waals surface area contributed by atoms with Crippen molar-refractivity contribution in [1.29, 1.82) is 0 Å². The van der Waals surface area contributed by atoms with Crippen LogP contribution in [0.15, 0.2) is 35.9 Å². The number of alkyl carbamates (subject to hydrolysis) is 1. The zero-order valence-electron chi connectivity index (χ0n) is 24.8. The van der Waals surface area contributed by atoms with Crippen LogP contribution in [0.4, 0.5) is 15.3 Å². The second kappa shape index (κ2) is 13.6. The number of rotatable bonds is 12. The number of epoxide rings is 1. The van der Waals surface area contributed by atoms with Crippen LogP contribution in [0, 0.1) is 22.0 Å². The Morgan fingerprint density at radius 2 is 1.90 bits per heavy atom. The topological polar surface area (TPSA) is 148 Å². The molecule has 5 atom stereocenters. The number of nitrogens with one attached hydrogen (secondary N) is 1. The maximum Gasteiger partial charge on any atom is 0.513 e. The number of carbonyl (C=O) groups is 2. The van der Waals surface area contributed by atoms with Crippen molar-refractivity contribution in [2.24, 2.45) is 11.8 Å². The molecule has 41 heavy (non-hydrogen) atoms. The largest absolute Gasteiger partial charge is 0.513 e. The highest BCUT2D eigenvalue weighted by Crippen LogP contribution is 2.52. The first kappa shape index (κ1) is 32.3. The number of hydrogen-bond acceptors (Lipinski definition) is 10. The summed E-state index contributed by atoms with van der Waals surface area (Å²) in [4.78, 5) is 35.4. The van der Waals surface area contributed by atoms with Gasteiger partial charge in [0.15, 0.2) is 0 Å². The van der Waals surface area contributed by atoms with Crippen LogP contribution in [-0.4, -0.2) is 73.6 Å². The van der Waals surface area contributed by atoms with Crippen LogP contribution in [0.5, 0.6) is 5.75 Å². The third-order valence-electron chi connectivity index (χ3n) is 7.59. The first-order chi connectivity index (χ1) is 19.3. The molecular formula is C29H42N2O10. The van der Waals surface area contributed by atoms with Crippen molar-refractivity contribution in [1.82, 2.24) is 5.32 Å². The zero-order valence-corrected chi connectivity index (χ0v) is 24.8. The Kier molecular flexibility index (Phi) is 10.7. The van der Waals surface area contributed by atoms with Gasteiger partial charge in [-0.05, 0) is 58.6 Å². The average Bonchev–Trinajstić information content (AvgIpc) is 3.66. The molecule has 1 aromatic rings. The summed E-state index contributed by atoms with van der Waals surface area (Å²) in [7, 11) is 1.60. The van der Waals surface area contributed by atoms with Crippen LogP contribution in [-0.2, 0) is 23.7 Å². The molecule has 1 N–H and O–H groups in total. The predicted molar refractivity (Wildman–Crippen MR) is 149 cm³/mol. The number of nitro groups is 1. The minimum absolute atomic E-state index is 0.0942. The van der Waals surface area contributed by atoms with Gasteiger partial charge in [-0.25, -0.2) is 9.59 Å². The molecule has 0 radical (unpaired) electrons. The molecule has 1 spiro atoms. The molecule has 2 aliphatic rings. The number of methoxy groups -OCH3 is 1. The second-order valence-electron chi connectivity index (χ2n) is 11.6. The number of hydrogen-bond donors (Lipinski definition) is 1. The summed E-state index contributed by atoms with van der Waals surface area (Å²) in [5.74, 6) is -0.176. The van der Waals surface area contributed by atoms with Gasteiger partial charge in [-0.15, -0.1) is 0 Å². The lowest BCUT2D eigenvalue weighted by atomic mass is 9.68. The van der Waals surface area contributed by atoms with Crippen LogP contribution < -0.4 is 10.1 Å². The SMILES string of the molecule is COC1C(OC(=O)N[C@@H](COC(=O)Oc2ccc([N+](=O)[O-])cc2)C(C)C)CC[C@]2(CO2)C1C(C)(C)OCC=C(C)C. The minimum Gasteiger partial charge on any atom is -0.443 e. The van der Waals surface area contributed by atoms with E-state index in [0.717, 1.165) is 5.57 Å². The van der Waals surface area contributed by atoms with Gasteiger partial charge in [0.2, 0.25) is 0 Å². The zero-order chi connectivity index (χ0) is 30.4. The van der Waals surface area contributed by atoms with Crippen molar-refractivity contribution >= 4 is 17.9 Å². The number of amides is 1. The molecule has 1 amide bonds. The number of ether oxygens (including phenoxy) is 6. The van der Waals surface area contributed by atoms with E-state index < -0.39 is 41.0 Å². The van der Waals surface area contributed by atoms with Crippen molar-refractivity contribution in [3.8, 4) is 5.75 Å². The minimum atomic E-state index is -1.00. The maximum atomic E-state index is 13.0. The average molecular weight is 579 g/mol. The Bertz CT molecular complexity index is 1090. The number of nitrogens with zero attached hydrogens (tertiary/aromatic N) is 1. The maximum absolute atomic E-state index is 13.0. The molecule has 1 heterocycles. The molecule has 1 aliphatic heterocycles. The predicted octanol–water partition coefficient (Wildman–Crippen LogP) is 5.19. The third-order valence-corrected chi connectivity index (χ3v) is 7.59. The summed E-state index contributed by atoms with van der Waals surface area (Å²) < 4.78 is 34.3. The molecule has 1 saturated carbocycles. The lowest BCUT2D eigenvalue weighted by Crippen LogP contribution is -2.59. The Morgan fingerprint density at radius 1 is 1.24 bits per heavy atom.